The van der Waals surface area contributed by atoms with Crippen molar-refractivity contribution in [3.05, 3.63) is 36.5 Å². The Kier molecular flexibility index (Phi) is 11.4. The van der Waals surface area contributed by atoms with Crippen molar-refractivity contribution in [2.75, 3.05) is 19.4 Å². The summed E-state index contributed by atoms with van der Waals surface area (Å²) in [6.07, 6.45) is 9.19. The van der Waals surface area contributed by atoms with Gasteiger partial charge in [-0.2, -0.15) is 0 Å². The van der Waals surface area contributed by atoms with Crippen LogP contribution in [0.25, 0.3) is 11.0 Å². The maximum absolute atomic E-state index is 14.8. The zero-order valence-corrected chi connectivity index (χ0v) is 34.1. The lowest BCUT2D eigenvalue weighted by molar-refractivity contribution is -0.158. The van der Waals surface area contributed by atoms with Crippen molar-refractivity contribution < 1.29 is 41.8 Å². The quantitative estimate of drug-likeness (QED) is 0.211. The number of hydrogen-bond acceptors (Lipinski definition) is 11. The van der Waals surface area contributed by atoms with Crippen LogP contribution in [-0.4, -0.2) is 89.6 Å². The van der Waals surface area contributed by atoms with Crippen LogP contribution in [0.4, 0.5) is 0 Å². The van der Waals surface area contributed by atoms with E-state index in [-0.39, 0.29) is 55.4 Å². The summed E-state index contributed by atoms with van der Waals surface area (Å²) in [5, 5.41) is -0.496. The molecular weight excluding hydrogens is 735 g/mol. The van der Waals surface area contributed by atoms with E-state index in [0.29, 0.717) is 54.0 Å². The van der Waals surface area contributed by atoms with Gasteiger partial charge in [-0.25, -0.2) is 18.4 Å². The third kappa shape index (κ3) is 8.53. The summed E-state index contributed by atoms with van der Waals surface area (Å²) in [5.74, 6) is -2.06. The number of sulfone groups is 1. The molecule has 3 aliphatic carbocycles. The first kappa shape index (κ1) is 40.3. The molecule has 304 valence electrons. The van der Waals surface area contributed by atoms with Crippen molar-refractivity contribution in [2.45, 2.75) is 134 Å². The van der Waals surface area contributed by atoms with Gasteiger partial charge in [0.25, 0.3) is 0 Å². The number of carbonyl (C=O) groups excluding carboxylic acids is 4. The number of nitrogens with zero attached hydrogens (tertiary/aromatic N) is 3. The topological polar surface area (TPSA) is 159 Å². The van der Waals surface area contributed by atoms with Crippen LogP contribution in [-0.2, 0) is 40.2 Å². The number of allylic oxidation sites excluding steroid dienone is 1. The molecule has 2 aliphatic heterocycles. The van der Waals surface area contributed by atoms with Gasteiger partial charge in [-0.05, 0) is 87.2 Å². The van der Waals surface area contributed by atoms with E-state index in [4.69, 9.17) is 24.2 Å². The highest BCUT2D eigenvalue weighted by Crippen LogP contribution is 2.57. The highest BCUT2D eigenvalue weighted by Gasteiger charge is 2.61. The van der Waals surface area contributed by atoms with Gasteiger partial charge in [0.2, 0.25) is 11.8 Å². The molecule has 7 rings (SSSR count). The Morgan fingerprint density at radius 2 is 1.79 bits per heavy atom. The lowest BCUT2D eigenvalue weighted by Gasteiger charge is -2.35. The summed E-state index contributed by atoms with van der Waals surface area (Å²) >= 11 is 0. The van der Waals surface area contributed by atoms with E-state index in [0.717, 1.165) is 44.9 Å². The summed E-state index contributed by atoms with van der Waals surface area (Å²) in [6.45, 7) is 9.66. The molecule has 5 aliphatic rings. The van der Waals surface area contributed by atoms with Crippen LogP contribution in [0.5, 0.6) is 11.6 Å². The number of benzene rings is 1. The molecule has 0 N–H and O–H groups in total. The minimum absolute atomic E-state index is 0.0563. The van der Waals surface area contributed by atoms with Crippen molar-refractivity contribution >= 4 is 44.3 Å². The van der Waals surface area contributed by atoms with Crippen LogP contribution in [0, 0.1) is 28.6 Å². The summed E-state index contributed by atoms with van der Waals surface area (Å²) in [4.78, 5) is 68.2. The number of ether oxygens (including phenoxy) is 3. The largest absolute Gasteiger partial charge is 0.497 e. The monoisotopic (exact) mass is 791 g/mol. The number of fused-ring (bicyclic) bond motifs is 5. The SMILES string of the molecule is C=C[C@@H]1C[C@]1(CC(=O)[C@@H]1C[C@@H]2CN1C(=O)[C@H](C(C)(C)C)CC(=O)O[C@@H]1CCC[C@H]1CCCCCc1nc3ccc(OC)cc3nc1O2)C(=O)CS(=O)(=O)C1CC1. The third-order valence-electron chi connectivity index (χ3n) is 13.0. The van der Waals surface area contributed by atoms with E-state index in [1.807, 2.05) is 32.9 Å². The van der Waals surface area contributed by atoms with Crippen molar-refractivity contribution in [1.82, 2.24) is 14.9 Å². The maximum atomic E-state index is 14.8. The molecule has 0 radical (unpaired) electrons. The summed E-state index contributed by atoms with van der Waals surface area (Å²) in [5.41, 5.74) is 0.156. The lowest BCUT2D eigenvalue weighted by atomic mass is 9.77. The highest BCUT2D eigenvalue weighted by atomic mass is 32.2. The molecule has 4 fully saturated rings. The fourth-order valence-corrected chi connectivity index (χ4v) is 11.0. The first-order valence-corrected chi connectivity index (χ1v) is 22.2. The van der Waals surface area contributed by atoms with E-state index in [9.17, 15) is 27.6 Å². The van der Waals surface area contributed by atoms with Gasteiger partial charge >= 0.3 is 5.97 Å². The number of ketones is 2. The second-order valence-electron chi connectivity index (χ2n) is 18.0. The molecule has 0 spiro atoms. The lowest BCUT2D eigenvalue weighted by Crippen LogP contribution is -2.48. The minimum atomic E-state index is -3.61. The Morgan fingerprint density at radius 3 is 2.48 bits per heavy atom. The van der Waals surface area contributed by atoms with Crippen molar-refractivity contribution in [3.63, 3.8) is 0 Å². The maximum Gasteiger partial charge on any atom is 0.306 e. The van der Waals surface area contributed by atoms with Gasteiger partial charge < -0.3 is 19.1 Å². The number of aromatic nitrogens is 2. The van der Waals surface area contributed by atoms with Gasteiger partial charge in [0.15, 0.2) is 21.4 Å². The Hall–Kier alpha value is -3.87. The Bertz CT molecular complexity index is 1990. The number of aryl methyl sites for hydroxylation is 1. The molecule has 12 nitrogen and oxygen atoms in total. The van der Waals surface area contributed by atoms with E-state index >= 15 is 0 Å². The van der Waals surface area contributed by atoms with Crippen LogP contribution in [0.1, 0.15) is 110 Å². The number of methoxy groups -OCH3 is 1. The number of hydrogen-bond donors (Lipinski definition) is 0. The van der Waals surface area contributed by atoms with Gasteiger partial charge in [0, 0.05) is 24.3 Å². The van der Waals surface area contributed by atoms with Crippen LogP contribution < -0.4 is 9.47 Å². The molecule has 2 aromatic rings. The van der Waals surface area contributed by atoms with Crippen molar-refractivity contribution in [2.24, 2.45) is 28.6 Å². The molecule has 7 atom stereocenters. The molecule has 3 saturated carbocycles. The molecule has 0 unspecified atom stereocenters. The molecule has 13 heteroatoms. The van der Waals surface area contributed by atoms with Crippen LogP contribution in [0.15, 0.2) is 30.9 Å². The average molecular weight is 792 g/mol. The number of amides is 1. The molecule has 1 amide bonds. The molecule has 1 aromatic carbocycles. The van der Waals surface area contributed by atoms with E-state index < -0.39 is 61.5 Å². The Labute approximate surface area is 330 Å². The standard InChI is InChI=1S/C43H57N3O9S/c1-6-27-22-43(27,38(48)25-56(51,52)30-16-17-30)23-36(47)35-20-29-24-46(35)41(50)31(42(2,3)4)21-39(49)55-37-14-10-12-26(37)11-8-7-9-13-33-40(54-29)45-34-19-28(53-5)15-18-32(34)44-33/h6,15,18-19,26-27,29-31,35,37H,1,7-14,16-17,20-25H2,2-5H3/t26-,27-,29-,31-,35+,37-,43-/m1/s1. The zero-order chi connectivity index (χ0) is 40.0. The van der Waals surface area contributed by atoms with E-state index in [1.165, 1.54) is 4.90 Å². The second-order valence-corrected chi connectivity index (χ2v) is 20.3. The number of esters is 1. The minimum Gasteiger partial charge on any atom is -0.497 e. The number of rotatable bonds is 9. The molecule has 2 bridgehead atoms. The first-order chi connectivity index (χ1) is 26.6. The van der Waals surface area contributed by atoms with Crippen LogP contribution in [0.3, 0.4) is 0 Å². The fraction of sp³-hybridized carbons (Fsp3) is 0.674. The van der Waals surface area contributed by atoms with Crippen molar-refractivity contribution in [1.29, 1.82) is 0 Å². The fourth-order valence-electron chi connectivity index (χ4n) is 9.30. The van der Waals surface area contributed by atoms with E-state index in [1.54, 1.807) is 19.3 Å². The molecular formula is C43H57N3O9S. The Balaban J connectivity index is 1.23. The van der Waals surface area contributed by atoms with Gasteiger partial charge in [0.05, 0.1) is 48.3 Å². The summed E-state index contributed by atoms with van der Waals surface area (Å²) in [7, 11) is -2.02. The highest BCUT2D eigenvalue weighted by molar-refractivity contribution is 7.93. The van der Waals surface area contributed by atoms with Gasteiger partial charge in [-0.15, -0.1) is 6.58 Å². The second kappa shape index (κ2) is 15.8. The normalized spacial score (nSPS) is 30.3. The number of Topliss-reactive ketones (excluding diaryl/α,β-unsaturated/α-hetero) is 2. The van der Waals surface area contributed by atoms with E-state index in [2.05, 4.69) is 6.58 Å². The predicted molar refractivity (Wildman–Crippen MR) is 210 cm³/mol. The van der Waals surface area contributed by atoms with Gasteiger partial charge in [-0.1, -0.05) is 39.7 Å². The summed E-state index contributed by atoms with van der Waals surface area (Å²) < 4.78 is 44.1. The molecule has 3 heterocycles. The molecule has 56 heavy (non-hydrogen) atoms. The van der Waals surface area contributed by atoms with Gasteiger partial charge in [-0.3, -0.25) is 19.2 Å². The Morgan fingerprint density at radius 1 is 1.02 bits per heavy atom. The molecule has 1 saturated heterocycles. The van der Waals surface area contributed by atoms with Crippen molar-refractivity contribution in [3.8, 4) is 11.6 Å². The summed E-state index contributed by atoms with van der Waals surface area (Å²) in [6, 6.07) is 4.54. The smallest absolute Gasteiger partial charge is 0.306 e. The number of carbonyl (C=O) groups is 4. The zero-order valence-electron chi connectivity index (χ0n) is 33.3. The first-order valence-electron chi connectivity index (χ1n) is 20.5. The van der Waals surface area contributed by atoms with Crippen LogP contribution in [0.2, 0.25) is 0 Å². The van der Waals surface area contributed by atoms with Crippen LogP contribution >= 0.6 is 0 Å². The average Bonchev–Trinajstić information content (AvgIpc) is 4.04. The van der Waals surface area contributed by atoms with Gasteiger partial charge in [0.1, 0.15) is 29.4 Å². The molecule has 1 aromatic heterocycles. The predicted octanol–water partition coefficient (Wildman–Crippen LogP) is 6.17. The third-order valence-corrected chi connectivity index (χ3v) is 15.2.